The summed E-state index contributed by atoms with van der Waals surface area (Å²) in [6, 6.07) is 15.0. The minimum Gasteiger partial charge on any atom is -0.291 e. The van der Waals surface area contributed by atoms with Gasteiger partial charge in [0.05, 0.1) is 12.1 Å². The molecule has 0 N–H and O–H groups in total. The van der Waals surface area contributed by atoms with E-state index < -0.39 is 0 Å². The Hall–Kier alpha value is -1.40. The SMILES string of the molecule is O=C(c1ccccc1I)N1CCN=C1c1cccc(Cl)c1. The van der Waals surface area contributed by atoms with E-state index in [0.717, 1.165) is 9.13 Å². The Morgan fingerprint density at radius 3 is 2.76 bits per heavy atom. The zero-order valence-corrected chi connectivity index (χ0v) is 14.0. The van der Waals surface area contributed by atoms with E-state index in [1.807, 2.05) is 48.5 Å². The predicted molar refractivity (Wildman–Crippen MR) is 93.1 cm³/mol. The van der Waals surface area contributed by atoms with Crippen LogP contribution in [0.3, 0.4) is 0 Å². The van der Waals surface area contributed by atoms with E-state index in [-0.39, 0.29) is 5.91 Å². The molecule has 1 heterocycles. The maximum atomic E-state index is 12.7. The number of benzene rings is 2. The molecule has 0 aromatic heterocycles. The summed E-state index contributed by atoms with van der Waals surface area (Å²) in [4.78, 5) is 18.9. The van der Waals surface area contributed by atoms with E-state index in [2.05, 4.69) is 27.6 Å². The molecule has 2 aromatic carbocycles. The number of halogens is 2. The van der Waals surface area contributed by atoms with Crippen molar-refractivity contribution >= 4 is 45.9 Å². The van der Waals surface area contributed by atoms with Crippen LogP contribution in [0.4, 0.5) is 0 Å². The van der Waals surface area contributed by atoms with Gasteiger partial charge in [0.25, 0.3) is 5.91 Å². The zero-order valence-electron chi connectivity index (χ0n) is 11.1. The van der Waals surface area contributed by atoms with E-state index >= 15 is 0 Å². The van der Waals surface area contributed by atoms with Gasteiger partial charge in [-0.2, -0.15) is 0 Å². The molecule has 3 rings (SSSR count). The maximum absolute atomic E-state index is 12.7. The molecule has 1 aliphatic rings. The Kier molecular flexibility index (Phi) is 4.26. The van der Waals surface area contributed by atoms with Gasteiger partial charge in [0, 0.05) is 20.7 Å². The van der Waals surface area contributed by atoms with Gasteiger partial charge in [-0.25, -0.2) is 0 Å². The summed E-state index contributed by atoms with van der Waals surface area (Å²) in [6.45, 7) is 1.22. The summed E-state index contributed by atoms with van der Waals surface area (Å²) in [5.74, 6) is 0.679. The number of hydrogen-bond acceptors (Lipinski definition) is 2. The lowest BCUT2D eigenvalue weighted by molar-refractivity contribution is 0.0857. The first-order chi connectivity index (χ1) is 10.2. The maximum Gasteiger partial charge on any atom is 0.260 e. The molecular formula is C16H12ClIN2O. The van der Waals surface area contributed by atoms with E-state index in [4.69, 9.17) is 11.6 Å². The fourth-order valence-corrected chi connectivity index (χ4v) is 3.11. The average molecular weight is 411 g/mol. The molecule has 106 valence electrons. The molecule has 3 nitrogen and oxygen atoms in total. The number of hydrogen-bond donors (Lipinski definition) is 0. The van der Waals surface area contributed by atoms with Crippen LogP contribution in [0.15, 0.2) is 53.5 Å². The smallest absolute Gasteiger partial charge is 0.260 e. The topological polar surface area (TPSA) is 32.7 Å². The molecule has 0 fully saturated rings. The average Bonchev–Trinajstić information content (AvgIpc) is 2.96. The van der Waals surface area contributed by atoms with E-state index in [0.29, 0.717) is 29.5 Å². The molecule has 1 aliphatic heterocycles. The van der Waals surface area contributed by atoms with Crippen molar-refractivity contribution in [2.45, 2.75) is 0 Å². The highest BCUT2D eigenvalue weighted by molar-refractivity contribution is 14.1. The van der Waals surface area contributed by atoms with Crippen LogP contribution < -0.4 is 0 Å². The number of rotatable bonds is 2. The van der Waals surface area contributed by atoms with Crippen LogP contribution in [0.1, 0.15) is 15.9 Å². The highest BCUT2D eigenvalue weighted by Gasteiger charge is 2.26. The van der Waals surface area contributed by atoms with Gasteiger partial charge in [0.1, 0.15) is 5.84 Å². The lowest BCUT2D eigenvalue weighted by Gasteiger charge is -2.19. The molecule has 0 saturated heterocycles. The molecule has 0 saturated carbocycles. The molecular weight excluding hydrogens is 399 g/mol. The summed E-state index contributed by atoms with van der Waals surface area (Å²) >= 11 is 8.21. The van der Waals surface area contributed by atoms with Crippen LogP contribution in [-0.2, 0) is 0 Å². The standard InChI is InChI=1S/C16H12ClIN2O/c17-12-5-3-4-11(10-12)15-19-8-9-20(15)16(21)13-6-1-2-7-14(13)18/h1-7,10H,8-9H2. The lowest BCUT2D eigenvalue weighted by Crippen LogP contribution is -2.35. The van der Waals surface area contributed by atoms with Crippen molar-refractivity contribution in [2.75, 3.05) is 13.1 Å². The molecule has 0 aliphatic carbocycles. The fourth-order valence-electron chi connectivity index (χ4n) is 2.30. The molecule has 0 atom stereocenters. The van der Waals surface area contributed by atoms with E-state index in [1.54, 1.807) is 4.90 Å². The summed E-state index contributed by atoms with van der Waals surface area (Å²) < 4.78 is 0.942. The molecule has 0 bridgehead atoms. The molecule has 0 radical (unpaired) electrons. The number of nitrogens with zero attached hydrogens (tertiary/aromatic N) is 2. The van der Waals surface area contributed by atoms with Crippen molar-refractivity contribution in [1.82, 2.24) is 4.90 Å². The first-order valence-electron chi connectivity index (χ1n) is 6.53. The van der Waals surface area contributed by atoms with Crippen molar-refractivity contribution in [3.63, 3.8) is 0 Å². The summed E-state index contributed by atoms with van der Waals surface area (Å²) in [5.41, 5.74) is 1.58. The van der Waals surface area contributed by atoms with Gasteiger partial charge < -0.3 is 0 Å². The highest BCUT2D eigenvalue weighted by Crippen LogP contribution is 2.20. The lowest BCUT2D eigenvalue weighted by atomic mass is 10.1. The number of aliphatic imine (C=N–C) groups is 1. The third-order valence-electron chi connectivity index (χ3n) is 3.27. The Labute approximate surface area is 141 Å². The summed E-state index contributed by atoms with van der Waals surface area (Å²) in [6.07, 6.45) is 0. The van der Waals surface area contributed by atoms with Crippen molar-refractivity contribution in [1.29, 1.82) is 0 Å². The van der Waals surface area contributed by atoms with E-state index in [9.17, 15) is 4.79 Å². The van der Waals surface area contributed by atoms with E-state index in [1.165, 1.54) is 0 Å². The third kappa shape index (κ3) is 2.96. The molecule has 0 spiro atoms. The van der Waals surface area contributed by atoms with Gasteiger partial charge in [-0.15, -0.1) is 0 Å². The van der Waals surface area contributed by atoms with Crippen molar-refractivity contribution < 1.29 is 4.79 Å². The van der Waals surface area contributed by atoms with Crippen LogP contribution in [0.2, 0.25) is 5.02 Å². The van der Waals surface area contributed by atoms with Crippen LogP contribution in [0.25, 0.3) is 0 Å². The second kappa shape index (κ2) is 6.15. The van der Waals surface area contributed by atoms with Gasteiger partial charge in [-0.1, -0.05) is 35.9 Å². The first kappa shape index (κ1) is 14.5. The highest BCUT2D eigenvalue weighted by atomic mass is 127. The summed E-state index contributed by atoms with van der Waals surface area (Å²) in [7, 11) is 0. The molecule has 1 amide bonds. The first-order valence-corrected chi connectivity index (χ1v) is 7.99. The van der Waals surface area contributed by atoms with Crippen LogP contribution in [-0.4, -0.2) is 29.7 Å². The third-order valence-corrected chi connectivity index (χ3v) is 4.45. The second-order valence-electron chi connectivity index (χ2n) is 4.65. The molecule has 0 unspecified atom stereocenters. The van der Waals surface area contributed by atoms with Crippen LogP contribution in [0.5, 0.6) is 0 Å². The minimum absolute atomic E-state index is 0.0174. The Morgan fingerprint density at radius 1 is 1.19 bits per heavy atom. The quantitative estimate of drug-likeness (QED) is 0.692. The van der Waals surface area contributed by atoms with Crippen molar-refractivity contribution in [3.05, 3.63) is 68.3 Å². The van der Waals surface area contributed by atoms with Gasteiger partial charge in [-0.3, -0.25) is 14.7 Å². The van der Waals surface area contributed by atoms with Crippen LogP contribution in [0, 0.1) is 3.57 Å². The van der Waals surface area contributed by atoms with Crippen molar-refractivity contribution in [3.8, 4) is 0 Å². The minimum atomic E-state index is -0.0174. The Balaban J connectivity index is 1.94. The second-order valence-corrected chi connectivity index (χ2v) is 6.25. The van der Waals surface area contributed by atoms with Gasteiger partial charge in [-0.05, 0) is 46.9 Å². The number of amidine groups is 1. The molecule has 5 heteroatoms. The molecule has 2 aromatic rings. The monoisotopic (exact) mass is 410 g/mol. The van der Waals surface area contributed by atoms with Crippen molar-refractivity contribution in [2.24, 2.45) is 4.99 Å². The predicted octanol–water partition coefficient (Wildman–Crippen LogP) is 3.85. The molecule has 21 heavy (non-hydrogen) atoms. The normalized spacial score (nSPS) is 14.2. The van der Waals surface area contributed by atoms with Crippen LogP contribution >= 0.6 is 34.2 Å². The largest absolute Gasteiger partial charge is 0.291 e. The van der Waals surface area contributed by atoms with Gasteiger partial charge >= 0.3 is 0 Å². The van der Waals surface area contributed by atoms with Gasteiger partial charge in [0.15, 0.2) is 0 Å². The zero-order chi connectivity index (χ0) is 14.8. The number of carbonyl (C=O) groups is 1. The summed E-state index contributed by atoms with van der Waals surface area (Å²) in [5, 5.41) is 0.642. The number of carbonyl (C=O) groups excluding carboxylic acids is 1. The Morgan fingerprint density at radius 2 is 2.00 bits per heavy atom. The fraction of sp³-hybridized carbons (Fsp3) is 0.125. The van der Waals surface area contributed by atoms with Gasteiger partial charge in [0.2, 0.25) is 0 Å². The number of amides is 1. The Bertz CT molecular complexity index is 730.